The van der Waals surface area contributed by atoms with Crippen LogP contribution in [0.15, 0.2) is 30.3 Å². The highest BCUT2D eigenvalue weighted by Gasteiger charge is 2.63. The largest absolute Gasteiger partial charge is 0.393 e. The molecule has 0 aromatic heterocycles. The van der Waals surface area contributed by atoms with Crippen LogP contribution in [0.1, 0.15) is 109 Å². The predicted octanol–water partition coefficient (Wildman–Crippen LogP) is 6.80. The lowest BCUT2D eigenvalue weighted by Gasteiger charge is -2.62. The lowest BCUT2D eigenvalue weighted by molar-refractivity contribution is -0.175. The minimum atomic E-state index is -0.242. The lowest BCUT2D eigenvalue weighted by atomic mass is 9.43. The molecule has 2 N–H and O–H groups in total. The van der Waals surface area contributed by atoms with Gasteiger partial charge in [0.15, 0.2) is 0 Å². The van der Waals surface area contributed by atoms with Gasteiger partial charge in [-0.15, -0.1) is 0 Å². The minimum Gasteiger partial charge on any atom is -0.393 e. The number of carbonyl (C=O) groups excluding carboxylic acids is 1. The van der Waals surface area contributed by atoms with E-state index in [-0.39, 0.29) is 23.0 Å². The van der Waals surface area contributed by atoms with E-state index in [2.05, 4.69) is 56.0 Å². The number of fused-ring (bicyclic) bond motifs is 5. The van der Waals surface area contributed by atoms with E-state index < -0.39 is 0 Å². The molecule has 1 saturated heterocycles. The topological polar surface area (TPSA) is 60.8 Å². The van der Waals surface area contributed by atoms with Crippen molar-refractivity contribution in [1.82, 2.24) is 4.90 Å². The van der Waals surface area contributed by atoms with Gasteiger partial charge in [0.05, 0.1) is 12.2 Å². The van der Waals surface area contributed by atoms with Gasteiger partial charge in [-0.1, -0.05) is 51.1 Å². The summed E-state index contributed by atoms with van der Waals surface area (Å²) < 4.78 is 0. The SMILES string of the molecule is C[C@H](CCC(=O)N1CCC(c2ccccc2)CC1)[C@@H]1CC[C@@H]2[C@@H]3CC[C@H]4C[C@H](O)CC[C@]4(C)[C@@H]3C[C@H](O)[C@@]21C. The molecule has 1 amide bonds. The number of hydrogen-bond acceptors (Lipinski definition) is 3. The fourth-order valence-electron chi connectivity index (χ4n) is 11.1. The highest BCUT2D eigenvalue weighted by molar-refractivity contribution is 5.76. The molecule has 0 radical (unpaired) electrons. The van der Waals surface area contributed by atoms with E-state index in [0.717, 1.165) is 64.0 Å². The highest BCUT2D eigenvalue weighted by atomic mass is 16.3. The van der Waals surface area contributed by atoms with Crippen molar-refractivity contribution in [3.05, 3.63) is 35.9 Å². The third kappa shape index (κ3) is 4.80. The van der Waals surface area contributed by atoms with Gasteiger partial charge < -0.3 is 15.1 Å². The van der Waals surface area contributed by atoms with Crippen LogP contribution < -0.4 is 0 Å². The molecule has 4 saturated carbocycles. The van der Waals surface area contributed by atoms with Crippen LogP contribution in [0.5, 0.6) is 0 Å². The molecule has 5 aliphatic rings. The maximum absolute atomic E-state index is 13.2. The molecule has 4 aliphatic carbocycles. The Hall–Kier alpha value is -1.39. The molecule has 0 spiro atoms. The first kappa shape index (κ1) is 27.8. The normalized spacial score (nSPS) is 43.3. The Morgan fingerprint density at radius 3 is 2.44 bits per heavy atom. The summed E-state index contributed by atoms with van der Waals surface area (Å²) in [5.41, 5.74) is 1.68. The number of benzene rings is 1. The van der Waals surface area contributed by atoms with Gasteiger partial charge in [0.2, 0.25) is 5.91 Å². The van der Waals surface area contributed by atoms with Gasteiger partial charge in [0.1, 0.15) is 0 Å². The van der Waals surface area contributed by atoms with E-state index in [4.69, 9.17) is 0 Å². The molecule has 216 valence electrons. The van der Waals surface area contributed by atoms with Crippen molar-refractivity contribution < 1.29 is 15.0 Å². The Kier molecular flexibility index (Phi) is 7.68. The number of aliphatic hydroxyl groups excluding tert-OH is 2. The highest BCUT2D eigenvalue weighted by Crippen LogP contribution is 2.68. The summed E-state index contributed by atoms with van der Waals surface area (Å²) in [4.78, 5) is 15.3. The smallest absolute Gasteiger partial charge is 0.222 e. The Labute approximate surface area is 236 Å². The van der Waals surface area contributed by atoms with Gasteiger partial charge in [-0.25, -0.2) is 0 Å². The molecule has 0 unspecified atom stereocenters. The summed E-state index contributed by atoms with van der Waals surface area (Å²) in [5, 5.41) is 22.2. The van der Waals surface area contributed by atoms with Crippen molar-refractivity contribution in [2.24, 2.45) is 46.3 Å². The van der Waals surface area contributed by atoms with Crippen LogP contribution in [0.4, 0.5) is 0 Å². The number of rotatable bonds is 5. The Morgan fingerprint density at radius 2 is 1.69 bits per heavy atom. The number of piperidine rings is 1. The summed E-state index contributed by atoms with van der Waals surface area (Å²) >= 11 is 0. The first-order chi connectivity index (χ1) is 18.7. The van der Waals surface area contributed by atoms with Gasteiger partial charge in [-0.05, 0) is 128 Å². The minimum absolute atomic E-state index is 0.0188. The summed E-state index contributed by atoms with van der Waals surface area (Å²) in [6.45, 7) is 9.05. The average molecular weight is 536 g/mol. The molecule has 1 heterocycles. The van der Waals surface area contributed by atoms with Crippen molar-refractivity contribution in [2.75, 3.05) is 13.1 Å². The van der Waals surface area contributed by atoms with Crippen molar-refractivity contribution in [2.45, 2.75) is 116 Å². The number of hydrogen-bond donors (Lipinski definition) is 2. The zero-order valence-corrected chi connectivity index (χ0v) is 24.7. The lowest BCUT2D eigenvalue weighted by Crippen LogP contribution is -2.58. The molecule has 10 atom stereocenters. The third-order valence-electron chi connectivity index (χ3n) is 13.4. The van der Waals surface area contributed by atoms with E-state index in [1.54, 1.807) is 0 Å². The maximum atomic E-state index is 13.2. The van der Waals surface area contributed by atoms with Gasteiger partial charge in [0.25, 0.3) is 0 Å². The van der Waals surface area contributed by atoms with E-state index in [1.165, 1.54) is 31.2 Å². The second-order valence-corrected chi connectivity index (χ2v) is 15.0. The zero-order chi connectivity index (χ0) is 27.4. The standard InChI is InChI=1S/C35H53NO3/c1-23(9-14-33(39)36-19-16-25(17-20-36)24-7-5-4-6-8-24)29-12-13-30-28-11-10-26-21-27(37)15-18-34(26,2)31(28)22-32(38)35(29,30)3/h4-8,23,25-32,37-38H,9-22H2,1-3H3/t23-,26+,27-,28+,29+,30-,31-,32+,34+,35-/m1/s1. The monoisotopic (exact) mass is 535 g/mol. The van der Waals surface area contributed by atoms with Crippen LogP contribution >= 0.6 is 0 Å². The number of carbonyl (C=O) groups is 1. The van der Waals surface area contributed by atoms with Crippen LogP contribution in [0.25, 0.3) is 0 Å². The first-order valence-corrected chi connectivity index (χ1v) is 16.4. The van der Waals surface area contributed by atoms with Crippen LogP contribution in [0.2, 0.25) is 0 Å². The predicted molar refractivity (Wildman–Crippen MR) is 156 cm³/mol. The molecule has 1 aliphatic heterocycles. The van der Waals surface area contributed by atoms with Gasteiger partial charge in [0, 0.05) is 19.5 Å². The number of nitrogens with zero attached hydrogens (tertiary/aromatic N) is 1. The van der Waals surface area contributed by atoms with E-state index >= 15 is 0 Å². The fourth-order valence-corrected chi connectivity index (χ4v) is 11.1. The second-order valence-electron chi connectivity index (χ2n) is 15.0. The Morgan fingerprint density at radius 1 is 0.949 bits per heavy atom. The Balaban J connectivity index is 1.06. The molecular formula is C35H53NO3. The van der Waals surface area contributed by atoms with Crippen molar-refractivity contribution in [3.63, 3.8) is 0 Å². The summed E-state index contributed by atoms with van der Waals surface area (Å²) in [7, 11) is 0. The van der Waals surface area contributed by atoms with Gasteiger partial charge in [-0.2, -0.15) is 0 Å². The maximum Gasteiger partial charge on any atom is 0.222 e. The summed E-state index contributed by atoms with van der Waals surface area (Å²) in [6, 6.07) is 10.8. The average Bonchev–Trinajstić information content (AvgIpc) is 3.32. The quantitative estimate of drug-likeness (QED) is 0.436. The number of amides is 1. The zero-order valence-electron chi connectivity index (χ0n) is 24.7. The van der Waals surface area contributed by atoms with Crippen LogP contribution in [0.3, 0.4) is 0 Å². The molecule has 4 heteroatoms. The van der Waals surface area contributed by atoms with Crippen LogP contribution in [-0.2, 0) is 4.79 Å². The van der Waals surface area contributed by atoms with Crippen molar-refractivity contribution in [1.29, 1.82) is 0 Å². The summed E-state index contributed by atoms with van der Waals surface area (Å²) in [6.07, 6.45) is 12.3. The fraction of sp³-hybridized carbons (Fsp3) is 0.800. The number of likely N-dealkylation sites (tertiary alicyclic amines) is 1. The Bertz CT molecular complexity index is 1000. The van der Waals surface area contributed by atoms with Crippen molar-refractivity contribution in [3.8, 4) is 0 Å². The van der Waals surface area contributed by atoms with Crippen LogP contribution in [0, 0.1) is 46.3 Å². The number of aliphatic hydroxyl groups is 2. The van der Waals surface area contributed by atoms with Gasteiger partial charge >= 0.3 is 0 Å². The third-order valence-corrected chi connectivity index (χ3v) is 13.4. The summed E-state index contributed by atoms with van der Waals surface area (Å²) in [5.74, 6) is 4.45. The molecule has 1 aromatic carbocycles. The van der Waals surface area contributed by atoms with Gasteiger partial charge in [-0.3, -0.25) is 4.79 Å². The van der Waals surface area contributed by atoms with Crippen LogP contribution in [-0.4, -0.2) is 46.3 Å². The van der Waals surface area contributed by atoms with E-state index in [1.807, 2.05) is 0 Å². The molecule has 5 fully saturated rings. The second kappa shape index (κ2) is 10.8. The first-order valence-electron chi connectivity index (χ1n) is 16.4. The molecule has 39 heavy (non-hydrogen) atoms. The molecule has 4 nitrogen and oxygen atoms in total. The molecule has 0 bridgehead atoms. The van der Waals surface area contributed by atoms with E-state index in [9.17, 15) is 15.0 Å². The van der Waals surface area contributed by atoms with Crippen molar-refractivity contribution >= 4 is 5.91 Å². The molecule has 6 rings (SSSR count). The van der Waals surface area contributed by atoms with E-state index in [0.29, 0.717) is 47.8 Å². The molecule has 1 aromatic rings. The molecular weight excluding hydrogens is 482 g/mol.